The van der Waals surface area contributed by atoms with Gasteiger partial charge in [0.15, 0.2) is 0 Å². The highest BCUT2D eigenvalue weighted by Gasteiger charge is 2.21. The Bertz CT molecular complexity index is 335. The van der Waals surface area contributed by atoms with Gasteiger partial charge in [0.25, 0.3) is 0 Å². The molecule has 0 spiro atoms. The molecule has 3 nitrogen and oxygen atoms in total. The first-order valence-corrected chi connectivity index (χ1v) is 5.49. The lowest BCUT2D eigenvalue weighted by Gasteiger charge is -2.30. The van der Waals surface area contributed by atoms with Crippen LogP contribution in [-0.4, -0.2) is 29.6 Å². The van der Waals surface area contributed by atoms with Gasteiger partial charge in [0, 0.05) is 6.04 Å². The molecular formula is C13H19NO2. The van der Waals surface area contributed by atoms with E-state index in [2.05, 4.69) is 13.8 Å². The summed E-state index contributed by atoms with van der Waals surface area (Å²) in [6, 6.07) is 10.2. The number of nitrogens with zero attached hydrogens (tertiary/aromatic N) is 1. The molecule has 1 rings (SSSR count). The highest BCUT2D eigenvalue weighted by molar-refractivity contribution is 5.69. The minimum atomic E-state index is -0.788. The number of hydrogen-bond donors (Lipinski definition) is 1. The number of aliphatic carboxylic acids is 1. The van der Waals surface area contributed by atoms with Crippen LogP contribution in [0.15, 0.2) is 30.3 Å². The molecule has 0 aliphatic heterocycles. The Morgan fingerprint density at radius 2 is 1.88 bits per heavy atom. The summed E-state index contributed by atoms with van der Waals surface area (Å²) in [6.07, 6.45) is 0. The van der Waals surface area contributed by atoms with Gasteiger partial charge in [-0.3, -0.25) is 9.69 Å². The monoisotopic (exact) mass is 221 g/mol. The SMILES string of the molecule is CC(C)C(c1ccccc1)N(C)CC(=O)O. The Balaban J connectivity index is 2.87. The zero-order valence-electron chi connectivity index (χ0n) is 10.1. The van der Waals surface area contributed by atoms with Gasteiger partial charge >= 0.3 is 5.97 Å². The van der Waals surface area contributed by atoms with Gasteiger partial charge in [-0.15, -0.1) is 0 Å². The van der Waals surface area contributed by atoms with E-state index in [-0.39, 0.29) is 12.6 Å². The average molecular weight is 221 g/mol. The first-order chi connectivity index (χ1) is 7.52. The summed E-state index contributed by atoms with van der Waals surface area (Å²) in [7, 11) is 1.85. The molecule has 1 aromatic carbocycles. The van der Waals surface area contributed by atoms with Crippen molar-refractivity contribution in [1.82, 2.24) is 4.90 Å². The molecule has 16 heavy (non-hydrogen) atoms. The quantitative estimate of drug-likeness (QED) is 0.830. The van der Waals surface area contributed by atoms with E-state index < -0.39 is 5.97 Å². The van der Waals surface area contributed by atoms with Crippen molar-refractivity contribution in [2.24, 2.45) is 5.92 Å². The van der Waals surface area contributed by atoms with E-state index in [0.29, 0.717) is 5.92 Å². The molecule has 0 aliphatic carbocycles. The third-order valence-corrected chi connectivity index (χ3v) is 2.63. The molecule has 1 unspecified atom stereocenters. The Kier molecular flexibility index (Phi) is 4.50. The molecule has 88 valence electrons. The summed E-state index contributed by atoms with van der Waals surface area (Å²) in [5.74, 6) is -0.407. The molecule has 0 aromatic heterocycles. The highest BCUT2D eigenvalue weighted by atomic mass is 16.4. The Labute approximate surface area is 96.7 Å². The van der Waals surface area contributed by atoms with Gasteiger partial charge in [-0.05, 0) is 18.5 Å². The fourth-order valence-corrected chi connectivity index (χ4v) is 2.11. The fraction of sp³-hybridized carbons (Fsp3) is 0.462. The number of carbonyl (C=O) groups is 1. The number of carboxylic acid groups (broad SMARTS) is 1. The summed E-state index contributed by atoms with van der Waals surface area (Å²) in [5, 5.41) is 8.82. The van der Waals surface area contributed by atoms with Crippen molar-refractivity contribution in [3.05, 3.63) is 35.9 Å². The zero-order valence-corrected chi connectivity index (χ0v) is 10.1. The third kappa shape index (κ3) is 3.35. The molecule has 0 fully saturated rings. The lowest BCUT2D eigenvalue weighted by Crippen LogP contribution is -2.32. The molecule has 0 saturated heterocycles. The molecule has 0 heterocycles. The van der Waals surface area contributed by atoms with Crippen LogP contribution in [0.3, 0.4) is 0 Å². The lowest BCUT2D eigenvalue weighted by atomic mass is 9.95. The summed E-state index contributed by atoms with van der Waals surface area (Å²) < 4.78 is 0. The minimum Gasteiger partial charge on any atom is -0.480 e. The van der Waals surface area contributed by atoms with E-state index in [9.17, 15) is 4.79 Å². The second-order valence-electron chi connectivity index (χ2n) is 4.41. The van der Waals surface area contributed by atoms with Crippen molar-refractivity contribution in [3.8, 4) is 0 Å². The fourth-order valence-electron chi connectivity index (χ4n) is 2.11. The maximum atomic E-state index is 10.7. The van der Waals surface area contributed by atoms with Gasteiger partial charge < -0.3 is 5.11 Å². The van der Waals surface area contributed by atoms with E-state index in [0.717, 1.165) is 0 Å². The summed E-state index contributed by atoms with van der Waals surface area (Å²) >= 11 is 0. The highest BCUT2D eigenvalue weighted by Crippen LogP contribution is 2.26. The first kappa shape index (κ1) is 12.7. The topological polar surface area (TPSA) is 40.5 Å². The number of likely N-dealkylation sites (N-methyl/N-ethyl adjacent to an activating group) is 1. The standard InChI is InChI=1S/C13H19NO2/c1-10(2)13(14(3)9-12(15)16)11-7-5-4-6-8-11/h4-8,10,13H,9H2,1-3H3,(H,15,16). The number of rotatable bonds is 5. The number of carboxylic acids is 1. The molecule has 1 atom stereocenters. The number of benzene rings is 1. The molecule has 0 amide bonds. The van der Waals surface area contributed by atoms with Gasteiger partial charge in [-0.2, -0.15) is 0 Å². The van der Waals surface area contributed by atoms with Crippen LogP contribution in [0, 0.1) is 5.92 Å². The predicted molar refractivity (Wildman–Crippen MR) is 64.3 cm³/mol. The van der Waals surface area contributed by atoms with Crippen LogP contribution in [0.25, 0.3) is 0 Å². The van der Waals surface area contributed by atoms with Crippen LogP contribution >= 0.6 is 0 Å². The Morgan fingerprint density at radius 3 is 2.31 bits per heavy atom. The van der Waals surface area contributed by atoms with Crippen LogP contribution in [0.1, 0.15) is 25.5 Å². The van der Waals surface area contributed by atoms with Crippen LogP contribution in [-0.2, 0) is 4.79 Å². The maximum absolute atomic E-state index is 10.7. The predicted octanol–water partition coefficient (Wildman–Crippen LogP) is 2.40. The molecule has 1 N–H and O–H groups in total. The maximum Gasteiger partial charge on any atom is 0.317 e. The lowest BCUT2D eigenvalue weighted by molar-refractivity contribution is -0.138. The van der Waals surface area contributed by atoms with Crippen LogP contribution in [0.4, 0.5) is 0 Å². The van der Waals surface area contributed by atoms with Crippen LogP contribution in [0.5, 0.6) is 0 Å². The van der Waals surface area contributed by atoms with E-state index in [4.69, 9.17) is 5.11 Å². The molecule has 0 radical (unpaired) electrons. The van der Waals surface area contributed by atoms with E-state index >= 15 is 0 Å². The van der Waals surface area contributed by atoms with E-state index in [1.807, 2.05) is 42.3 Å². The number of hydrogen-bond acceptors (Lipinski definition) is 2. The molecule has 1 aromatic rings. The van der Waals surface area contributed by atoms with Gasteiger partial charge in [-0.1, -0.05) is 44.2 Å². The summed E-state index contributed by atoms with van der Waals surface area (Å²) in [5.41, 5.74) is 1.17. The molecule has 0 saturated carbocycles. The zero-order chi connectivity index (χ0) is 12.1. The second-order valence-corrected chi connectivity index (χ2v) is 4.41. The van der Waals surface area contributed by atoms with Crippen LogP contribution in [0.2, 0.25) is 0 Å². The summed E-state index contributed by atoms with van der Waals surface area (Å²) in [6.45, 7) is 4.28. The van der Waals surface area contributed by atoms with Crippen molar-refractivity contribution < 1.29 is 9.90 Å². The molecular weight excluding hydrogens is 202 g/mol. The van der Waals surface area contributed by atoms with Crippen LogP contribution < -0.4 is 0 Å². The van der Waals surface area contributed by atoms with Gasteiger partial charge in [0.1, 0.15) is 0 Å². The third-order valence-electron chi connectivity index (χ3n) is 2.63. The van der Waals surface area contributed by atoms with E-state index in [1.54, 1.807) is 0 Å². The first-order valence-electron chi connectivity index (χ1n) is 5.49. The van der Waals surface area contributed by atoms with E-state index in [1.165, 1.54) is 5.56 Å². The molecule has 3 heteroatoms. The van der Waals surface area contributed by atoms with Crippen molar-refractivity contribution >= 4 is 5.97 Å². The second kappa shape index (κ2) is 5.66. The van der Waals surface area contributed by atoms with Crippen molar-refractivity contribution in [2.75, 3.05) is 13.6 Å². The van der Waals surface area contributed by atoms with Crippen molar-refractivity contribution in [3.63, 3.8) is 0 Å². The smallest absolute Gasteiger partial charge is 0.317 e. The van der Waals surface area contributed by atoms with Gasteiger partial charge in [0.2, 0.25) is 0 Å². The molecule has 0 aliphatic rings. The largest absolute Gasteiger partial charge is 0.480 e. The minimum absolute atomic E-state index is 0.0672. The molecule has 0 bridgehead atoms. The summed E-state index contributed by atoms with van der Waals surface area (Å²) in [4.78, 5) is 12.6. The van der Waals surface area contributed by atoms with Gasteiger partial charge in [0.05, 0.1) is 6.54 Å². The Hall–Kier alpha value is -1.35. The van der Waals surface area contributed by atoms with Gasteiger partial charge in [-0.25, -0.2) is 0 Å². The van der Waals surface area contributed by atoms with Crippen molar-refractivity contribution in [1.29, 1.82) is 0 Å². The Morgan fingerprint density at radius 1 is 1.31 bits per heavy atom. The normalized spacial score (nSPS) is 13.1. The average Bonchev–Trinajstić information content (AvgIpc) is 2.17. The van der Waals surface area contributed by atoms with Crippen molar-refractivity contribution in [2.45, 2.75) is 19.9 Å².